The fourth-order valence-electron chi connectivity index (χ4n) is 3.36. The van der Waals surface area contributed by atoms with Gasteiger partial charge < -0.3 is 25.4 Å². The molecule has 0 aromatic heterocycles. The number of carbonyl (C=O) groups is 1. The minimum Gasteiger partial charge on any atom is -0.489 e. The van der Waals surface area contributed by atoms with Gasteiger partial charge >= 0.3 is 6.09 Å². The van der Waals surface area contributed by atoms with E-state index in [2.05, 4.69) is 27.5 Å². The van der Waals surface area contributed by atoms with Gasteiger partial charge in [0, 0.05) is 31.2 Å². The van der Waals surface area contributed by atoms with Crippen molar-refractivity contribution in [3.8, 4) is 5.75 Å². The normalized spacial score (nSPS) is 18.9. The van der Waals surface area contributed by atoms with Crippen molar-refractivity contribution >= 4 is 36.0 Å². The average Bonchev–Trinajstić information content (AvgIpc) is 2.70. The van der Waals surface area contributed by atoms with E-state index in [1.807, 2.05) is 45.0 Å². The molecule has 2 rings (SSSR count). The van der Waals surface area contributed by atoms with Crippen molar-refractivity contribution in [2.45, 2.75) is 70.7 Å². The van der Waals surface area contributed by atoms with Gasteiger partial charge in [0.2, 0.25) is 0 Å². The van der Waals surface area contributed by atoms with Gasteiger partial charge in [-0.25, -0.2) is 4.79 Å². The van der Waals surface area contributed by atoms with Crippen LogP contribution in [0, 0.1) is 0 Å². The highest BCUT2D eigenvalue weighted by atomic mass is 127. The summed E-state index contributed by atoms with van der Waals surface area (Å²) in [7, 11) is 1.77. The lowest BCUT2D eigenvalue weighted by molar-refractivity contribution is 0.0490. The Morgan fingerprint density at radius 1 is 1.16 bits per heavy atom. The van der Waals surface area contributed by atoms with Gasteiger partial charge in [0.15, 0.2) is 5.96 Å². The molecule has 0 unspecified atom stereocenters. The molecule has 3 N–H and O–H groups in total. The predicted octanol–water partition coefficient (Wildman–Crippen LogP) is 4.37. The molecule has 8 heteroatoms. The number of hydrogen-bond acceptors (Lipinski definition) is 4. The number of nitrogens with one attached hydrogen (secondary N) is 3. The molecule has 1 aliphatic carbocycles. The van der Waals surface area contributed by atoms with Gasteiger partial charge in [-0.05, 0) is 52.5 Å². The largest absolute Gasteiger partial charge is 0.489 e. The van der Waals surface area contributed by atoms with Crippen molar-refractivity contribution < 1.29 is 14.3 Å². The number of alkyl carbamates (subject to hydrolysis) is 1. The summed E-state index contributed by atoms with van der Waals surface area (Å²) >= 11 is 0. The van der Waals surface area contributed by atoms with Crippen LogP contribution in [0.5, 0.6) is 5.75 Å². The molecule has 0 atom stereocenters. The van der Waals surface area contributed by atoms with Crippen LogP contribution in [-0.4, -0.2) is 43.4 Å². The van der Waals surface area contributed by atoms with Crippen molar-refractivity contribution in [2.24, 2.45) is 4.99 Å². The summed E-state index contributed by atoms with van der Waals surface area (Å²) < 4.78 is 11.1. The van der Waals surface area contributed by atoms with Crippen molar-refractivity contribution in [2.75, 3.05) is 13.7 Å². The quantitative estimate of drug-likeness (QED) is 0.206. The highest BCUT2D eigenvalue weighted by Crippen LogP contribution is 2.20. The lowest BCUT2D eigenvalue weighted by Gasteiger charge is -2.31. The zero-order chi connectivity index (χ0) is 22.0. The van der Waals surface area contributed by atoms with Gasteiger partial charge in [-0.2, -0.15) is 0 Å². The molecule has 174 valence electrons. The lowest BCUT2D eigenvalue weighted by Crippen LogP contribution is -2.47. The smallest absolute Gasteiger partial charge is 0.407 e. The number of ether oxygens (including phenoxy) is 2. The second-order valence-electron chi connectivity index (χ2n) is 8.47. The molecule has 31 heavy (non-hydrogen) atoms. The highest BCUT2D eigenvalue weighted by molar-refractivity contribution is 14.0. The van der Waals surface area contributed by atoms with Gasteiger partial charge in [0.05, 0.1) is 0 Å². The van der Waals surface area contributed by atoms with Crippen molar-refractivity contribution in [1.29, 1.82) is 0 Å². The van der Waals surface area contributed by atoms with Crippen molar-refractivity contribution in [1.82, 2.24) is 16.0 Å². The topological polar surface area (TPSA) is 84.0 Å². The first-order valence-corrected chi connectivity index (χ1v) is 10.6. The average molecular weight is 544 g/mol. The molecule has 1 aromatic carbocycles. The van der Waals surface area contributed by atoms with Crippen LogP contribution in [-0.2, 0) is 11.3 Å². The first-order valence-electron chi connectivity index (χ1n) is 10.6. The summed E-state index contributed by atoms with van der Waals surface area (Å²) in [6.45, 7) is 10.4. The van der Waals surface area contributed by atoms with Gasteiger partial charge in [0.1, 0.15) is 18.0 Å². The molecule has 1 fully saturated rings. The number of para-hydroxylation sites is 1. The summed E-state index contributed by atoms with van der Waals surface area (Å²) in [6.07, 6.45) is 5.13. The fraction of sp³-hybridized carbons (Fsp3) is 0.565. The summed E-state index contributed by atoms with van der Waals surface area (Å²) in [5, 5.41) is 9.83. The molecule has 1 amide bonds. The first-order chi connectivity index (χ1) is 14.3. The van der Waals surface area contributed by atoms with Gasteiger partial charge in [-0.15, -0.1) is 24.0 Å². The third-order valence-corrected chi connectivity index (χ3v) is 4.79. The Morgan fingerprint density at radius 3 is 2.35 bits per heavy atom. The molecule has 1 saturated carbocycles. The Morgan fingerprint density at radius 2 is 1.77 bits per heavy atom. The second-order valence-corrected chi connectivity index (χ2v) is 8.47. The van der Waals surface area contributed by atoms with E-state index in [4.69, 9.17) is 9.47 Å². The number of rotatable bonds is 7. The Bertz CT molecular complexity index is 726. The van der Waals surface area contributed by atoms with Crippen LogP contribution >= 0.6 is 24.0 Å². The van der Waals surface area contributed by atoms with E-state index in [-0.39, 0.29) is 36.1 Å². The third-order valence-electron chi connectivity index (χ3n) is 4.79. The third kappa shape index (κ3) is 10.3. The van der Waals surface area contributed by atoms with E-state index >= 15 is 0 Å². The SMILES string of the molecule is C=CCOc1ccccc1CNC(=NC)NC1CCC(NC(=O)OC(C)(C)C)CC1.I. The number of carbonyl (C=O) groups excluding carboxylic acids is 1. The van der Waals surface area contributed by atoms with E-state index in [0.29, 0.717) is 19.2 Å². The summed E-state index contributed by atoms with van der Waals surface area (Å²) in [6, 6.07) is 8.41. The number of hydrogen-bond donors (Lipinski definition) is 3. The molecule has 0 spiro atoms. The number of nitrogens with zero attached hydrogens (tertiary/aromatic N) is 1. The maximum atomic E-state index is 12.0. The summed E-state index contributed by atoms with van der Waals surface area (Å²) in [5.41, 5.74) is 0.587. The summed E-state index contributed by atoms with van der Waals surface area (Å²) in [5.74, 6) is 1.60. The minimum absolute atomic E-state index is 0. The van der Waals surface area contributed by atoms with Gasteiger partial charge in [-0.3, -0.25) is 4.99 Å². The first kappa shape index (κ1) is 27.1. The Balaban J connectivity index is 0.00000480. The van der Waals surface area contributed by atoms with Gasteiger partial charge in [-0.1, -0.05) is 30.9 Å². The predicted molar refractivity (Wildman–Crippen MR) is 136 cm³/mol. The zero-order valence-electron chi connectivity index (χ0n) is 19.1. The Hall–Kier alpha value is -1.97. The number of benzene rings is 1. The van der Waals surface area contributed by atoms with Crippen LogP contribution in [0.4, 0.5) is 4.79 Å². The lowest BCUT2D eigenvalue weighted by atomic mass is 9.91. The molecular weight excluding hydrogens is 507 g/mol. The Kier molecular flexibility index (Phi) is 11.7. The van der Waals surface area contributed by atoms with Crippen molar-refractivity contribution in [3.63, 3.8) is 0 Å². The van der Waals surface area contributed by atoms with Crippen LogP contribution in [0.25, 0.3) is 0 Å². The Labute approximate surface area is 203 Å². The van der Waals surface area contributed by atoms with Gasteiger partial charge in [0.25, 0.3) is 0 Å². The van der Waals surface area contributed by atoms with E-state index in [9.17, 15) is 4.79 Å². The van der Waals surface area contributed by atoms with Crippen LogP contribution in [0.2, 0.25) is 0 Å². The van der Waals surface area contributed by atoms with Crippen LogP contribution < -0.4 is 20.7 Å². The molecule has 0 aliphatic heterocycles. The zero-order valence-corrected chi connectivity index (χ0v) is 21.4. The monoisotopic (exact) mass is 544 g/mol. The number of amides is 1. The molecule has 7 nitrogen and oxygen atoms in total. The van der Waals surface area contributed by atoms with E-state index < -0.39 is 5.60 Å². The molecule has 0 radical (unpaired) electrons. The maximum Gasteiger partial charge on any atom is 0.407 e. The molecular formula is C23H37IN4O3. The van der Waals surface area contributed by atoms with Crippen molar-refractivity contribution in [3.05, 3.63) is 42.5 Å². The standard InChI is InChI=1S/C23H36N4O3.HI/c1-6-15-29-20-10-8-7-9-17(20)16-25-21(24-5)26-18-11-13-19(14-12-18)27-22(28)30-23(2,3)4;/h6-10,18-19H,1,11-16H2,2-5H3,(H,27,28)(H2,24,25,26);1H. The van der Waals surface area contributed by atoms with Crippen LogP contribution in [0.1, 0.15) is 52.0 Å². The second kappa shape index (κ2) is 13.4. The molecule has 0 bridgehead atoms. The van der Waals surface area contributed by atoms with E-state index in [1.165, 1.54) is 0 Å². The molecule has 0 saturated heterocycles. The molecule has 1 aliphatic rings. The minimum atomic E-state index is -0.476. The highest BCUT2D eigenvalue weighted by Gasteiger charge is 2.25. The van der Waals surface area contributed by atoms with E-state index in [1.54, 1.807) is 13.1 Å². The maximum absolute atomic E-state index is 12.0. The molecule has 1 aromatic rings. The van der Waals surface area contributed by atoms with E-state index in [0.717, 1.165) is 43.0 Å². The summed E-state index contributed by atoms with van der Waals surface area (Å²) in [4.78, 5) is 16.3. The molecule has 0 heterocycles. The van der Waals surface area contributed by atoms with Crippen LogP contribution in [0.3, 0.4) is 0 Å². The number of halogens is 1. The number of guanidine groups is 1. The fourth-order valence-corrected chi connectivity index (χ4v) is 3.36. The number of aliphatic imine (C=N–C) groups is 1. The van der Waals surface area contributed by atoms with Crippen LogP contribution in [0.15, 0.2) is 41.9 Å².